The van der Waals surface area contributed by atoms with Crippen molar-refractivity contribution in [2.45, 2.75) is 26.2 Å². The number of anilines is 1. The van der Waals surface area contributed by atoms with Crippen LogP contribution in [0.3, 0.4) is 0 Å². The van der Waals surface area contributed by atoms with Gasteiger partial charge in [-0.15, -0.1) is 0 Å². The summed E-state index contributed by atoms with van der Waals surface area (Å²) in [7, 11) is 0. The molecule has 2 aromatic rings. The summed E-state index contributed by atoms with van der Waals surface area (Å²) in [5.74, 6) is -3.11. The van der Waals surface area contributed by atoms with E-state index in [1.807, 2.05) is 0 Å². The third-order valence-electron chi connectivity index (χ3n) is 5.00. The first-order chi connectivity index (χ1) is 14.8. The van der Waals surface area contributed by atoms with Gasteiger partial charge in [-0.05, 0) is 55.8 Å². The van der Waals surface area contributed by atoms with Crippen molar-refractivity contribution in [3.63, 3.8) is 0 Å². The van der Waals surface area contributed by atoms with E-state index in [-0.39, 0.29) is 36.7 Å². The number of halogens is 2. The van der Waals surface area contributed by atoms with Crippen LogP contribution in [-0.4, -0.2) is 35.8 Å². The Morgan fingerprint density at radius 1 is 1.13 bits per heavy atom. The number of carbonyl (C=O) groups is 3. The van der Waals surface area contributed by atoms with Gasteiger partial charge in [0.15, 0.2) is 0 Å². The largest absolute Gasteiger partial charge is 0.463 e. The van der Waals surface area contributed by atoms with Crippen molar-refractivity contribution < 1.29 is 27.9 Å². The Bertz CT molecular complexity index is 1030. The molecule has 0 fully saturated rings. The number of carbonyl (C=O) groups excluding carboxylic acids is 3. The zero-order valence-corrected chi connectivity index (χ0v) is 17.2. The zero-order chi connectivity index (χ0) is 22.5. The van der Waals surface area contributed by atoms with Gasteiger partial charge in [0.25, 0.3) is 0 Å². The Morgan fingerprint density at radius 3 is 2.48 bits per heavy atom. The number of ether oxygens (including phenoxy) is 1. The molecule has 1 atom stereocenters. The number of amides is 2. The van der Waals surface area contributed by atoms with Crippen molar-refractivity contribution in [3.05, 3.63) is 77.0 Å². The SMILES string of the molecule is CCOC(=O)C1=C(C)N(CC(=O)Nc2ccc(F)cc2)C(=O)CC1c1cccc(F)c1. The van der Waals surface area contributed by atoms with E-state index in [4.69, 9.17) is 4.74 Å². The average molecular weight is 428 g/mol. The Morgan fingerprint density at radius 2 is 1.84 bits per heavy atom. The second-order valence-electron chi connectivity index (χ2n) is 7.07. The van der Waals surface area contributed by atoms with E-state index in [9.17, 15) is 23.2 Å². The molecule has 2 aromatic carbocycles. The fourth-order valence-electron chi connectivity index (χ4n) is 3.56. The standard InChI is InChI=1S/C23H22F2N2O4/c1-3-31-23(30)22-14(2)27(13-20(28)26-18-9-7-16(24)8-10-18)21(29)12-19(22)15-5-4-6-17(25)11-15/h4-11,19H,3,12-13H2,1-2H3,(H,26,28). The lowest BCUT2D eigenvalue weighted by molar-refractivity contribution is -0.140. The molecule has 1 aliphatic rings. The molecule has 3 rings (SSSR count). The second-order valence-corrected chi connectivity index (χ2v) is 7.07. The predicted octanol–water partition coefficient (Wildman–Crippen LogP) is 3.76. The summed E-state index contributed by atoms with van der Waals surface area (Å²) in [5.41, 5.74) is 1.34. The van der Waals surface area contributed by atoms with Crippen LogP contribution in [0.2, 0.25) is 0 Å². The highest BCUT2D eigenvalue weighted by molar-refractivity contribution is 5.99. The Labute approximate surface area is 178 Å². The van der Waals surface area contributed by atoms with E-state index < -0.39 is 29.4 Å². The lowest BCUT2D eigenvalue weighted by atomic mass is 9.83. The summed E-state index contributed by atoms with van der Waals surface area (Å²) < 4.78 is 32.0. The van der Waals surface area contributed by atoms with Gasteiger partial charge in [-0.2, -0.15) is 0 Å². The van der Waals surface area contributed by atoms with E-state index in [1.54, 1.807) is 19.9 Å². The Hall–Kier alpha value is -3.55. The topological polar surface area (TPSA) is 75.7 Å². The summed E-state index contributed by atoms with van der Waals surface area (Å²) in [5, 5.41) is 2.59. The van der Waals surface area contributed by atoms with E-state index >= 15 is 0 Å². The highest BCUT2D eigenvalue weighted by Crippen LogP contribution is 2.37. The lowest BCUT2D eigenvalue weighted by Gasteiger charge is -2.34. The van der Waals surface area contributed by atoms with Gasteiger partial charge in [-0.3, -0.25) is 9.59 Å². The highest BCUT2D eigenvalue weighted by Gasteiger charge is 2.37. The predicted molar refractivity (Wildman–Crippen MR) is 110 cm³/mol. The molecular weight excluding hydrogens is 406 g/mol. The monoisotopic (exact) mass is 428 g/mol. The number of nitrogens with one attached hydrogen (secondary N) is 1. The molecule has 1 heterocycles. The first-order valence-corrected chi connectivity index (χ1v) is 9.79. The van der Waals surface area contributed by atoms with Crippen LogP contribution in [0, 0.1) is 11.6 Å². The molecule has 8 heteroatoms. The molecule has 6 nitrogen and oxygen atoms in total. The van der Waals surface area contributed by atoms with Crippen LogP contribution in [0.5, 0.6) is 0 Å². The molecule has 0 spiro atoms. The van der Waals surface area contributed by atoms with Gasteiger partial charge in [0.05, 0.1) is 12.2 Å². The second kappa shape index (κ2) is 9.51. The normalized spacial score (nSPS) is 16.3. The van der Waals surface area contributed by atoms with Crippen molar-refractivity contribution in [2.24, 2.45) is 0 Å². The number of rotatable bonds is 6. The van der Waals surface area contributed by atoms with E-state index in [0.717, 1.165) is 0 Å². The molecule has 31 heavy (non-hydrogen) atoms. The molecule has 162 valence electrons. The lowest BCUT2D eigenvalue weighted by Crippen LogP contribution is -2.42. The van der Waals surface area contributed by atoms with Gasteiger partial charge in [0, 0.05) is 23.7 Å². The maximum absolute atomic E-state index is 13.8. The fourth-order valence-corrected chi connectivity index (χ4v) is 3.56. The number of hydrogen-bond donors (Lipinski definition) is 1. The van der Waals surface area contributed by atoms with Crippen LogP contribution in [0.1, 0.15) is 31.7 Å². The summed E-state index contributed by atoms with van der Waals surface area (Å²) in [4.78, 5) is 39.2. The van der Waals surface area contributed by atoms with Crippen LogP contribution in [0.25, 0.3) is 0 Å². The van der Waals surface area contributed by atoms with Crippen molar-refractivity contribution in [1.82, 2.24) is 4.90 Å². The molecule has 2 amide bonds. The Balaban J connectivity index is 1.90. The molecule has 1 N–H and O–H groups in total. The smallest absolute Gasteiger partial charge is 0.336 e. The van der Waals surface area contributed by atoms with Crippen LogP contribution < -0.4 is 5.32 Å². The molecule has 0 aromatic heterocycles. The van der Waals surface area contributed by atoms with Crippen LogP contribution in [0.15, 0.2) is 59.8 Å². The minimum absolute atomic E-state index is 0.112. The van der Waals surface area contributed by atoms with Gasteiger partial charge in [-0.25, -0.2) is 13.6 Å². The van der Waals surface area contributed by atoms with Crippen molar-refractivity contribution >= 4 is 23.5 Å². The molecule has 0 radical (unpaired) electrons. The van der Waals surface area contributed by atoms with Crippen LogP contribution in [-0.2, 0) is 19.1 Å². The number of esters is 1. The number of nitrogens with zero attached hydrogens (tertiary/aromatic N) is 1. The molecule has 1 aliphatic heterocycles. The summed E-state index contributed by atoms with van der Waals surface area (Å²) in [6.07, 6.45) is -0.112. The number of allylic oxidation sites excluding steroid dienone is 1. The quantitative estimate of drug-likeness (QED) is 0.711. The van der Waals surface area contributed by atoms with Crippen LogP contribution in [0.4, 0.5) is 14.5 Å². The number of benzene rings is 2. The maximum atomic E-state index is 13.8. The van der Waals surface area contributed by atoms with Gasteiger partial charge in [0.1, 0.15) is 18.2 Å². The van der Waals surface area contributed by atoms with Crippen molar-refractivity contribution in [3.8, 4) is 0 Å². The van der Waals surface area contributed by atoms with Gasteiger partial charge in [-0.1, -0.05) is 12.1 Å². The van der Waals surface area contributed by atoms with Crippen LogP contribution >= 0.6 is 0 Å². The third-order valence-corrected chi connectivity index (χ3v) is 5.00. The molecule has 0 saturated heterocycles. The first kappa shape index (κ1) is 22.1. The van der Waals surface area contributed by atoms with E-state index in [1.165, 1.54) is 47.4 Å². The van der Waals surface area contributed by atoms with Crippen molar-refractivity contribution in [1.29, 1.82) is 0 Å². The Kier molecular flexibility index (Phi) is 6.79. The maximum Gasteiger partial charge on any atom is 0.336 e. The molecule has 0 bridgehead atoms. The van der Waals surface area contributed by atoms with Gasteiger partial charge in [0.2, 0.25) is 11.8 Å². The average Bonchev–Trinajstić information content (AvgIpc) is 2.72. The highest BCUT2D eigenvalue weighted by atomic mass is 19.1. The minimum Gasteiger partial charge on any atom is -0.463 e. The zero-order valence-electron chi connectivity index (χ0n) is 17.2. The van der Waals surface area contributed by atoms with Gasteiger partial charge >= 0.3 is 5.97 Å². The van der Waals surface area contributed by atoms with Crippen molar-refractivity contribution in [2.75, 3.05) is 18.5 Å². The summed E-state index contributed by atoms with van der Waals surface area (Å²) in [6, 6.07) is 10.9. The molecule has 1 unspecified atom stereocenters. The minimum atomic E-state index is -0.682. The molecular formula is C23H22F2N2O4. The first-order valence-electron chi connectivity index (χ1n) is 9.79. The summed E-state index contributed by atoms with van der Waals surface area (Å²) >= 11 is 0. The number of hydrogen-bond acceptors (Lipinski definition) is 4. The third kappa shape index (κ3) is 5.14. The molecule has 0 saturated carbocycles. The van der Waals surface area contributed by atoms with E-state index in [0.29, 0.717) is 11.3 Å². The molecule has 0 aliphatic carbocycles. The van der Waals surface area contributed by atoms with Gasteiger partial charge < -0.3 is 15.0 Å². The van der Waals surface area contributed by atoms with E-state index in [2.05, 4.69) is 5.32 Å². The summed E-state index contributed by atoms with van der Waals surface area (Å²) in [6.45, 7) is 3.01. The fraction of sp³-hybridized carbons (Fsp3) is 0.261.